The van der Waals surface area contributed by atoms with Crippen molar-refractivity contribution >= 4 is 40.3 Å². The molecule has 0 fully saturated rings. The number of ketones is 1. The van der Waals surface area contributed by atoms with Crippen LogP contribution in [0.2, 0.25) is 5.02 Å². The van der Waals surface area contributed by atoms with E-state index in [0.717, 1.165) is 0 Å². The van der Waals surface area contributed by atoms with Gasteiger partial charge in [0.1, 0.15) is 0 Å². The van der Waals surface area contributed by atoms with Gasteiger partial charge in [0.05, 0.1) is 10.6 Å². The molecule has 2 aromatic carbocycles. The number of benzene rings is 2. The normalized spacial score (nSPS) is 10.3. The number of anilines is 1. The Balaban J connectivity index is 1.94. The van der Waals surface area contributed by atoms with Crippen LogP contribution < -0.4 is 5.32 Å². The summed E-state index contributed by atoms with van der Waals surface area (Å²) in [4.78, 5) is 25.5. The summed E-state index contributed by atoms with van der Waals surface area (Å²) in [5, 5.41) is 5.06. The van der Waals surface area contributed by atoms with Crippen LogP contribution in [-0.4, -0.2) is 11.7 Å². The van der Waals surface area contributed by atoms with E-state index in [4.69, 9.17) is 11.6 Å². The Hall–Kier alpha value is -2.43. The van der Waals surface area contributed by atoms with Gasteiger partial charge in [-0.3, -0.25) is 9.59 Å². The highest BCUT2D eigenvalue weighted by Gasteiger charge is 2.17. The zero-order chi connectivity index (χ0) is 16.2. The van der Waals surface area contributed by atoms with Crippen LogP contribution in [0.25, 0.3) is 0 Å². The molecule has 1 amide bonds. The van der Waals surface area contributed by atoms with E-state index >= 15 is 0 Å². The summed E-state index contributed by atoms with van der Waals surface area (Å²) in [6.45, 7) is 0. The molecule has 1 heterocycles. The summed E-state index contributed by atoms with van der Waals surface area (Å²) >= 11 is 7.36. The molecule has 5 heteroatoms. The third-order valence-electron chi connectivity index (χ3n) is 3.26. The number of hydrogen-bond acceptors (Lipinski definition) is 3. The number of carbonyl (C=O) groups excluding carboxylic acids is 2. The lowest BCUT2D eigenvalue weighted by molar-refractivity contribution is 0.102. The fourth-order valence-corrected chi connectivity index (χ4v) is 2.99. The maximum atomic E-state index is 12.6. The summed E-state index contributed by atoms with van der Waals surface area (Å²) in [5.74, 6) is -0.431. The molecule has 0 spiro atoms. The first-order chi connectivity index (χ1) is 11.1. The van der Waals surface area contributed by atoms with E-state index in [9.17, 15) is 9.59 Å². The van der Waals surface area contributed by atoms with Crippen molar-refractivity contribution in [2.24, 2.45) is 0 Å². The van der Waals surface area contributed by atoms with Gasteiger partial charge in [-0.15, -0.1) is 11.3 Å². The second-order valence-electron chi connectivity index (χ2n) is 4.82. The molecule has 0 aliphatic rings. The molecule has 1 aromatic heterocycles. The van der Waals surface area contributed by atoms with Crippen LogP contribution in [0.5, 0.6) is 0 Å². The number of rotatable bonds is 4. The molecule has 3 rings (SSSR count). The minimum Gasteiger partial charge on any atom is -0.321 e. The predicted molar refractivity (Wildman–Crippen MR) is 93.6 cm³/mol. The second-order valence-corrected chi connectivity index (χ2v) is 6.20. The summed E-state index contributed by atoms with van der Waals surface area (Å²) in [7, 11) is 0. The Labute approximate surface area is 142 Å². The molecule has 114 valence electrons. The van der Waals surface area contributed by atoms with Gasteiger partial charge in [0, 0.05) is 16.1 Å². The van der Waals surface area contributed by atoms with Crippen molar-refractivity contribution in [2.75, 3.05) is 5.32 Å². The van der Waals surface area contributed by atoms with E-state index in [1.807, 2.05) is 17.5 Å². The smallest absolute Gasteiger partial charge is 0.255 e. The monoisotopic (exact) mass is 341 g/mol. The molecular formula is C18H12ClNO2S. The van der Waals surface area contributed by atoms with E-state index in [1.165, 1.54) is 11.3 Å². The van der Waals surface area contributed by atoms with Crippen molar-refractivity contribution in [1.29, 1.82) is 0 Å². The molecule has 0 aliphatic heterocycles. The molecule has 0 unspecified atom stereocenters. The van der Waals surface area contributed by atoms with E-state index in [0.29, 0.717) is 26.7 Å². The van der Waals surface area contributed by atoms with Crippen LogP contribution >= 0.6 is 22.9 Å². The Morgan fingerprint density at radius 3 is 2.43 bits per heavy atom. The highest BCUT2D eigenvalue weighted by atomic mass is 35.5. The van der Waals surface area contributed by atoms with E-state index in [2.05, 4.69) is 5.32 Å². The first kappa shape index (κ1) is 15.5. The highest BCUT2D eigenvalue weighted by molar-refractivity contribution is 7.12. The molecule has 0 atom stereocenters. The first-order valence-electron chi connectivity index (χ1n) is 6.89. The zero-order valence-corrected chi connectivity index (χ0v) is 13.5. The zero-order valence-electron chi connectivity index (χ0n) is 12.0. The van der Waals surface area contributed by atoms with E-state index in [1.54, 1.807) is 48.5 Å². The van der Waals surface area contributed by atoms with Crippen LogP contribution in [0.1, 0.15) is 25.6 Å². The summed E-state index contributed by atoms with van der Waals surface area (Å²) in [6, 6.07) is 17.3. The van der Waals surface area contributed by atoms with Crippen LogP contribution in [0.3, 0.4) is 0 Å². The Morgan fingerprint density at radius 1 is 0.957 bits per heavy atom. The van der Waals surface area contributed by atoms with Gasteiger partial charge in [-0.1, -0.05) is 35.9 Å². The maximum Gasteiger partial charge on any atom is 0.255 e. The lowest BCUT2D eigenvalue weighted by Crippen LogP contribution is -2.14. The number of hydrogen-bond donors (Lipinski definition) is 1. The molecule has 0 saturated heterocycles. The summed E-state index contributed by atoms with van der Waals surface area (Å²) < 4.78 is 0. The average Bonchev–Trinajstić information content (AvgIpc) is 3.11. The molecule has 0 saturated carbocycles. The molecule has 3 nitrogen and oxygen atoms in total. The van der Waals surface area contributed by atoms with Gasteiger partial charge in [0.2, 0.25) is 5.78 Å². The highest BCUT2D eigenvalue weighted by Crippen LogP contribution is 2.25. The Morgan fingerprint density at radius 2 is 1.74 bits per heavy atom. The largest absolute Gasteiger partial charge is 0.321 e. The lowest BCUT2D eigenvalue weighted by Gasteiger charge is -2.10. The summed E-state index contributed by atoms with van der Waals surface area (Å²) in [6.07, 6.45) is 0. The summed E-state index contributed by atoms with van der Waals surface area (Å²) in [5.41, 5.74) is 1.35. The van der Waals surface area contributed by atoms with Crippen LogP contribution in [0.15, 0.2) is 66.0 Å². The third kappa shape index (κ3) is 3.50. The molecule has 23 heavy (non-hydrogen) atoms. The molecule has 3 aromatic rings. The third-order valence-corrected chi connectivity index (χ3v) is 4.36. The van der Waals surface area contributed by atoms with Crippen molar-refractivity contribution in [1.82, 2.24) is 0 Å². The van der Waals surface area contributed by atoms with Crippen LogP contribution in [0, 0.1) is 0 Å². The second kappa shape index (κ2) is 6.77. The standard InChI is InChI=1S/C18H12ClNO2S/c19-13-8-9-15(20-18(22)12-5-2-1-3-6-12)14(11-13)17(21)16-7-4-10-23-16/h1-11H,(H,20,22). The molecule has 1 N–H and O–H groups in total. The quantitative estimate of drug-likeness (QED) is 0.687. The number of thiophene rings is 1. The van der Waals surface area contributed by atoms with E-state index < -0.39 is 0 Å². The van der Waals surface area contributed by atoms with Crippen molar-refractivity contribution in [2.45, 2.75) is 0 Å². The number of amides is 1. The van der Waals surface area contributed by atoms with Crippen LogP contribution in [0.4, 0.5) is 5.69 Å². The number of carbonyl (C=O) groups is 2. The van der Waals surface area contributed by atoms with Gasteiger partial charge in [-0.2, -0.15) is 0 Å². The average molecular weight is 342 g/mol. The Kier molecular flexibility index (Phi) is 4.55. The van der Waals surface area contributed by atoms with Gasteiger partial charge >= 0.3 is 0 Å². The number of nitrogens with one attached hydrogen (secondary N) is 1. The van der Waals surface area contributed by atoms with Crippen molar-refractivity contribution < 1.29 is 9.59 Å². The Bertz CT molecular complexity index is 845. The molecule has 0 radical (unpaired) electrons. The SMILES string of the molecule is O=C(Nc1ccc(Cl)cc1C(=O)c1cccs1)c1ccccc1. The maximum absolute atomic E-state index is 12.6. The number of halogens is 1. The molecular weight excluding hydrogens is 330 g/mol. The molecule has 0 bridgehead atoms. The van der Waals surface area contributed by atoms with E-state index in [-0.39, 0.29) is 11.7 Å². The van der Waals surface area contributed by atoms with Gasteiger partial charge in [0.15, 0.2) is 0 Å². The van der Waals surface area contributed by atoms with Gasteiger partial charge in [-0.05, 0) is 41.8 Å². The van der Waals surface area contributed by atoms with Gasteiger partial charge in [-0.25, -0.2) is 0 Å². The minimum atomic E-state index is -0.270. The van der Waals surface area contributed by atoms with Crippen molar-refractivity contribution in [3.05, 3.63) is 87.1 Å². The molecule has 0 aliphatic carbocycles. The lowest BCUT2D eigenvalue weighted by atomic mass is 10.1. The fourth-order valence-electron chi connectivity index (χ4n) is 2.14. The predicted octanol–water partition coefficient (Wildman–Crippen LogP) is 4.88. The van der Waals surface area contributed by atoms with Crippen molar-refractivity contribution in [3.63, 3.8) is 0 Å². The van der Waals surface area contributed by atoms with Gasteiger partial charge in [0.25, 0.3) is 5.91 Å². The first-order valence-corrected chi connectivity index (χ1v) is 8.15. The van der Waals surface area contributed by atoms with Gasteiger partial charge < -0.3 is 5.32 Å². The van der Waals surface area contributed by atoms with Crippen molar-refractivity contribution in [3.8, 4) is 0 Å². The topological polar surface area (TPSA) is 46.2 Å². The van der Waals surface area contributed by atoms with Crippen LogP contribution in [-0.2, 0) is 0 Å². The fraction of sp³-hybridized carbons (Fsp3) is 0. The minimum absolute atomic E-state index is 0.161.